The molecule has 1 atom stereocenters. The van der Waals surface area contributed by atoms with Crippen LogP contribution in [0.25, 0.3) is 6.08 Å². The Morgan fingerprint density at radius 3 is 2.49 bits per heavy atom. The van der Waals surface area contributed by atoms with Crippen molar-refractivity contribution >= 4 is 52.6 Å². The second kappa shape index (κ2) is 13.7. The summed E-state index contributed by atoms with van der Waals surface area (Å²) in [5.74, 6) is -0.658. The molecule has 1 aliphatic rings. The molecule has 9 heteroatoms. The third-order valence-corrected chi connectivity index (χ3v) is 6.68. The Morgan fingerprint density at radius 2 is 1.78 bits per heavy atom. The number of fused-ring (bicyclic) bond motifs is 1. The van der Waals surface area contributed by atoms with E-state index in [0.29, 0.717) is 57.7 Å². The van der Waals surface area contributed by atoms with Gasteiger partial charge in [0.15, 0.2) is 5.78 Å². The average Bonchev–Trinajstić information content (AvgIpc) is 2.85. The molecule has 1 unspecified atom stereocenters. The molecule has 0 aliphatic carbocycles. The Labute approximate surface area is 252 Å². The van der Waals surface area contributed by atoms with Gasteiger partial charge in [-0.2, -0.15) is 0 Å². The van der Waals surface area contributed by atoms with Gasteiger partial charge in [0.2, 0.25) is 0 Å². The summed E-state index contributed by atoms with van der Waals surface area (Å²) in [5, 5.41) is 12.8. The Kier molecular flexibility index (Phi) is 10.9. The first-order valence-electron chi connectivity index (χ1n) is 11.4. The molecule has 0 saturated heterocycles. The predicted octanol–water partition coefficient (Wildman–Crippen LogP) is 4.13. The third kappa shape index (κ3) is 7.76. The molecule has 186 valence electrons. The number of hydrogen-bond donors (Lipinski definition) is 0. The quantitative estimate of drug-likeness (QED) is 0.221. The predicted molar refractivity (Wildman–Crippen MR) is 140 cm³/mol. The van der Waals surface area contributed by atoms with E-state index in [1.54, 1.807) is 48.5 Å². The summed E-state index contributed by atoms with van der Waals surface area (Å²) in [4.78, 5) is 23.9. The monoisotopic (exact) mass is 566 g/mol. The van der Waals surface area contributed by atoms with Crippen LogP contribution in [-0.2, 0) is 4.79 Å². The Balaban J connectivity index is 0.00000380. The van der Waals surface area contributed by atoms with Crippen LogP contribution in [0.2, 0.25) is 15.1 Å². The van der Waals surface area contributed by atoms with Crippen molar-refractivity contribution in [2.45, 2.75) is 31.6 Å². The minimum absolute atomic E-state index is 0. The molecule has 0 bridgehead atoms. The van der Waals surface area contributed by atoms with E-state index >= 15 is 0 Å². The summed E-state index contributed by atoms with van der Waals surface area (Å²) < 4.78 is 11.5. The van der Waals surface area contributed by atoms with Crippen molar-refractivity contribution in [1.82, 2.24) is 0 Å². The van der Waals surface area contributed by atoms with Gasteiger partial charge in [-0.1, -0.05) is 53.0 Å². The maximum atomic E-state index is 12.5. The van der Waals surface area contributed by atoms with Gasteiger partial charge in [-0.15, -0.1) is 0 Å². The summed E-state index contributed by atoms with van der Waals surface area (Å²) in [6, 6.07) is 15.2. The number of carboxylic acids is 1. The largest absolute Gasteiger partial charge is 1.00 e. The molecule has 0 N–H and O–H groups in total. The van der Waals surface area contributed by atoms with Crippen molar-refractivity contribution in [1.29, 1.82) is 0 Å². The molecular weight excluding hydrogens is 546 g/mol. The number of ether oxygens (including phenoxy) is 2. The Morgan fingerprint density at radius 1 is 1.03 bits per heavy atom. The topological polar surface area (TPSA) is 75.7 Å². The van der Waals surface area contributed by atoms with E-state index < -0.39 is 11.9 Å². The zero-order valence-corrected chi connectivity index (χ0v) is 24.4. The van der Waals surface area contributed by atoms with Crippen LogP contribution in [0.15, 0.2) is 60.7 Å². The molecule has 1 heterocycles. The molecule has 5 nitrogen and oxygen atoms in total. The summed E-state index contributed by atoms with van der Waals surface area (Å²) in [7, 11) is 0. The number of carbonyl (C=O) groups excluding carboxylic acids is 2. The first-order chi connectivity index (χ1) is 17.3. The zero-order chi connectivity index (χ0) is 25.7. The number of unbranched alkanes of at least 4 members (excludes halogenated alkanes) is 1. The van der Waals surface area contributed by atoms with Crippen molar-refractivity contribution in [2.24, 2.45) is 0 Å². The maximum Gasteiger partial charge on any atom is 1.00 e. The van der Waals surface area contributed by atoms with Crippen LogP contribution < -0.4 is 44.1 Å². The summed E-state index contributed by atoms with van der Waals surface area (Å²) in [6.45, 7) is 0.272. The number of halogens is 3. The minimum atomic E-state index is -1.16. The number of rotatable bonds is 9. The fourth-order valence-electron chi connectivity index (χ4n) is 3.92. The number of carbonyl (C=O) groups is 2. The van der Waals surface area contributed by atoms with Crippen LogP contribution in [0.5, 0.6) is 17.2 Å². The molecule has 0 saturated carbocycles. The van der Waals surface area contributed by atoms with Gasteiger partial charge >= 0.3 is 29.6 Å². The number of hydrogen-bond acceptors (Lipinski definition) is 5. The van der Waals surface area contributed by atoms with Crippen molar-refractivity contribution in [2.75, 3.05) is 6.61 Å². The van der Waals surface area contributed by atoms with Crippen molar-refractivity contribution < 1.29 is 53.7 Å². The third-order valence-electron chi connectivity index (χ3n) is 5.83. The van der Waals surface area contributed by atoms with E-state index in [4.69, 9.17) is 44.3 Å². The van der Waals surface area contributed by atoms with E-state index in [0.717, 1.165) is 12.0 Å². The molecule has 0 spiro atoms. The molecule has 4 rings (SSSR count). The van der Waals surface area contributed by atoms with Crippen LogP contribution in [-0.4, -0.2) is 18.4 Å². The van der Waals surface area contributed by atoms with E-state index in [9.17, 15) is 14.7 Å². The van der Waals surface area contributed by atoms with E-state index in [1.165, 1.54) is 0 Å². The number of Topliss-reactive ketones (excluding diaryl/α,β-unsaturated/α-hetero) is 1. The van der Waals surface area contributed by atoms with E-state index in [-0.39, 0.29) is 47.0 Å². The van der Waals surface area contributed by atoms with Gasteiger partial charge in [0.05, 0.1) is 11.6 Å². The maximum absolute atomic E-state index is 12.5. The number of benzene rings is 3. The fourth-order valence-corrected chi connectivity index (χ4v) is 4.60. The summed E-state index contributed by atoms with van der Waals surface area (Å²) in [6.07, 6.45) is 6.09. The molecule has 0 fully saturated rings. The molecule has 0 radical (unpaired) electrons. The Bertz CT molecular complexity index is 1310. The van der Waals surface area contributed by atoms with Crippen molar-refractivity contribution in [3.05, 3.63) is 92.4 Å². The first-order valence-corrected chi connectivity index (χ1v) is 12.5. The SMILES string of the molecule is O=C(CCC/C=C\c1ccc(Cl)cc1Cl)c1ccc(Oc2cc3c(cc2Cl)C(C(=O)[O-])CCO3)cc1.[Na+]. The van der Waals surface area contributed by atoms with Crippen molar-refractivity contribution in [3.63, 3.8) is 0 Å². The van der Waals surface area contributed by atoms with Gasteiger partial charge in [0.25, 0.3) is 0 Å². The Hall–Kier alpha value is -1.99. The number of aliphatic carboxylic acids is 1. The van der Waals surface area contributed by atoms with Gasteiger partial charge in [0, 0.05) is 45.5 Å². The summed E-state index contributed by atoms with van der Waals surface area (Å²) in [5.41, 5.74) is 1.95. The van der Waals surface area contributed by atoms with Crippen LogP contribution in [0.4, 0.5) is 0 Å². The van der Waals surface area contributed by atoms with Gasteiger partial charge < -0.3 is 19.4 Å². The fraction of sp³-hybridized carbons (Fsp3) is 0.214. The first kappa shape index (κ1) is 29.6. The van der Waals surface area contributed by atoms with Gasteiger partial charge in [-0.3, -0.25) is 4.79 Å². The van der Waals surface area contributed by atoms with Crippen LogP contribution in [0.1, 0.15) is 53.1 Å². The molecule has 3 aromatic rings. The van der Waals surface area contributed by atoms with Gasteiger partial charge in [0.1, 0.15) is 17.2 Å². The summed E-state index contributed by atoms with van der Waals surface area (Å²) >= 11 is 18.4. The molecule has 1 aliphatic heterocycles. The molecule has 37 heavy (non-hydrogen) atoms. The van der Waals surface area contributed by atoms with Crippen molar-refractivity contribution in [3.8, 4) is 17.2 Å². The average molecular weight is 568 g/mol. The van der Waals surface area contributed by atoms with E-state index in [1.807, 2.05) is 18.2 Å². The minimum Gasteiger partial charge on any atom is -0.549 e. The van der Waals surface area contributed by atoms with Crippen LogP contribution in [0.3, 0.4) is 0 Å². The second-order valence-electron chi connectivity index (χ2n) is 8.34. The number of carboxylic acid groups (broad SMARTS) is 1. The van der Waals surface area contributed by atoms with Crippen LogP contribution in [0, 0.1) is 0 Å². The number of ketones is 1. The van der Waals surface area contributed by atoms with Crippen LogP contribution >= 0.6 is 34.8 Å². The van der Waals surface area contributed by atoms with E-state index in [2.05, 4.69) is 0 Å². The normalized spacial score (nSPS) is 14.4. The van der Waals surface area contributed by atoms with Gasteiger partial charge in [-0.05, 0) is 67.3 Å². The standard InChI is InChI=1S/C28H23Cl3O5.Na/c29-19-9-6-17(23(30)14-19)4-2-1-3-5-25(32)18-7-10-20(11-8-18)36-27-16-26-22(15-24(27)31)21(28(33)34)12-13-35-26;/h2,4,6-11,14-16,21H,1,3,5,12-13H2,(H,33,34);/q;+1/p-1/b4-2-;. The zero-order valence-electron chi connectivity index (χ0n) is 20.1. The molecular formula is C28H22Cl3NaO5. The molecule has 0 aromatic heterocycles. The number of allylic oxidation sites excluding steroid dienone is 1. The second-order valence-corrected chi connectivity index (χ2v) is 9.59. The smallest absolute Gasteiger partial charge is 0.549 e. The molecule has 0 amide bonds. The van der Waals surface area contributed by atoms with Gasteiger partial charge in [-0.25, -0.2) is 0 Å². The molecule has 3 aromatic carbocycles.